The van der Waals surface area contributed by atoms with Crippen LogP contribution < -0.4 is 0 Å². The molecule has 3 heterocycles. The molecule has 8 nitrogen and oxygen atoms in total. The number of aliphatic hydroxyl groups excluding tert-OH is 1. The van der Waals surface area contributed by atoms with Gasteiger partial charge in [0, 0.05) is 25.7 Å². The summed E-state index contributed by atoms with van der Waals surface area (Å²) < 4.78 is 12.0. The van der Waals surface area contributed by atoms with Gasteiger partial charge in [-0.25, -0.2) is 0 Å². The summed E-state index contributed by atoms with van der Waals surface area (Å²) in [6.45, 7) is 12.6. The van der Waals surface area contributed by atoms with Crippen LogP contribution >= 0.6 is 0 Å². The third kappa shape index (κ3) is 5.33. The summed E-state index contributed by atoms with van der Waals surface area (Å²) in [4.78, 5) is 44.3. The summed E-state index contributed by atoms with van der Waals surface area (Å²) in [7, 11) is 0. The Morgan fingerprint density at radius 3 is 2.63 bits per heavy atom. The highest BCUT2D eigenvalue weighted by Gasteiger charge is 2.75. The van der Waals surface area contributed by atoms with E-state index in [2.05, 4.69) is 13.2 Å². The van der Waals surface area contributed by atoms with Gasteiger partial charge in [-0.15, -0.1) is 13.2 Å². The number of aliphatic hydroxyl groups is 1. The number of hydrogen-bond donors (Lipinski definition) is 1. The first kappa shape index (κ1) is 27.4. The maximum Gasteiger partial charge on any atom is 0.312 e. The normalized spacial score (nSPS) is 28.9. The zero-order chi connectivity index (χ0) is 25.6. The Morgan fingerprint density at radius 2 is 1.97 bits per heavy atom. The zero-order valence-corrected chi connectivity index (χ0v) is 21.3. The minimum absolute atomic E-state index is 0.0679. The number of amides is 2. The fourth-order valence-electron chi connectivity index (χ4n) is 6.04. The van der Waals surface area contributed by atoms with Crippen LogP contribution in [0.2, 0.25) is 0 Å². The molecule has 3 fully saturated rings. The van der Waals surface area contributed by atoms with Crippen molar-refractivity contribution >= 4 is 17.8 Å². The van der Waals surface area contributed by atoms with E-state index in [1.165, 1.54) is 0 Å². The number of likely N-dealkylation sites (tertiary alicyclic amines) is 1. The van der Waals surface area contributed by atoms with Crippen molar-refractivity contribution in [1.82, 2.24) is 9.80 Å². The van der Waals surface area contributed by atoms with Gasteiger partial charge in [-0.1, -0.05) is 25.0 Å². The predicted octanol–water partition coefficient (Wildman–Crippen LogP) is 2.85. The van der Waals surface area contributed by atoms with Crippen LogP contribution in [0.4, 0.5) is 0 Å². The SMILES string of the molecule is C=CCCCOC(=O)[C@@H]1[C@@H]2CCC3(O2)C(C(=O)N(CC=C)C(C)C)N(CCCCCCO)C(=O)[C@H]13. The highest BCUT2D eigenvalue weighted by molar-refractivity contribution is 5.98. The first-order valence-electron chi connectivity index (χ1n) is 13.1. The van der Waals surface area contributed by atoms with Gasteiger partial charge in [-0.2, -0.15) is 0 Å². The van der Waals surface area contributed by atoms with Crippen LogP contribution in [0.1, 0.15) is 65.2 Å². The van der Waals surface area contributed by atoms with Gasteiger partial charge in [0.25, 0.3) is 0 Å². The van der Waals surface area contributed by atoms with E-state index >= 15 is 0 Å². The van der Waals surface area contributed by atoms with Gasteiger partial charge in [-0.3, -0.25) is 14.4 Å². The number of fused-ring (bicyclic) bond motifs is 1. The molecule has 2 amide bonds. The summed E-state index contributed by atoms with van der Waals surface area (Å²) in [6.07, 6.45) is 8.86. The molecular weight excluding hydrogens is 448 g/mol. The number of allylic oxidation sites excluding steroid dienone is 1. The molecule has 2 bridgehead atoms. The summed E-state index contributed by atoms with van der Waals surface area (Å²) in [5.41, 5.74) is -0.997. The van der Waals surface area contributed by atoms with Crippen LogP contribution in [0.15, 0.2) is 25.3 Å². The van der Waals surface area contributed by atoms with Gasteiger partial charge in [0.05, 0.1) is 24.5 Å². The molecule has 0 radical (unpaired) electrons. The number of carbonyl (C=O) groups excluding carboxylic acids is 3. The third-order valence-electron chi connectivity index (χ3n) is 7.64. The van der Waals surface area contributed by atoms with Gasteiger partial charge in [-0.05, 0) is 52.4 Å². The minimum Gasteiger partial charge on any atom is -0.465 e. The van der Waals surface area contributed by atoms with Crippen molar-refractivity contribution in [2.45, 2.75) is 89.0 Å². The summed E-state index contributed by atoms with van der Waals surface area (Å²) >= 11 is 0. The van der Waals surface area contributed by atoms with Crippen molar-refractivity contribution in [1.29, 1.82) is 0 Å². The largest absolute Gasteiger partial charge is 0.465 e. The average molecular weight is 491 g/mol. The molecule has 3 aliphatic rings. The Balaban J connectivity index is 1.87. The molecule has 3 aliphatic heterocycles. The van der Waals surface area contributed by atoms with Crippen molar-refractivity contribution in [2.75, 3.05) is 26.3 Å². The van der Waals surface area contributed by atoms with Crippen LogP contribution in [0.25, 0.3) is 0 Å². The second-order valence-corrected chi connectivity index (χ2v) is 10.2. The maximum atomic E-state index is 14.0. The molecule has 0 aromatic heterocycles. The van der Waals surface area contributed by atoms with Crippen molar-refractivity contribution in [3.63, 3.8) is 0 Å². The van der Waals surface area contributed by atoms with Gasteiger partial charge < -0.3 is 24.4 Å². The number of ether oxygens (including phenoxy) is 2. The molecule has 5 atom stereocenters. The monoisotopic (exact) mass is 490 g/mol. The fourth-order valence-corrected chi connectivity index (χ4v) is 6.04. The smallest absolute Gasteiger partial charge is 0.312 e. The quantitative estimate of drug-likeness (QED) is 0.215. The molecule has 1 N–H and O–H groups in total. The topological polar surface area (TPSA) is 96.4 Å². The number of hydrogen-bond acceptors (Lipinski definition) is 6. The standard InChI is InChI=1S/C27H42N2O6/c1-5-7-12-18-34-26(33)21-20-13-14-27(35-20)22(21)24(31)29(16-10-8-9-11-17-30)23(27)25(32)28(15-6-2)19(3)4/h5-6,19-23,30H,1-2,7-18H2,3-4H3/t20-,21+,22-,23?,27?/m0/s1. The number of rotatable bonds is 15. The Bertz CT molecular complexity index is 799. The van der Waals surface area contributed by atoms with Gasteiger partial charge in [0.15, 0.2) is 0 Å². The van der Waals surface area contributed by atoms with Crippen molar-refractivity contribution < 1.29 is 29.0 Å². The van der Waals surface area contributed by atoms with Gasteiger partial charge >= 0.3 is 5.97 Å². The molecule has 35 heavy (non-hydrogen) atoms. The van der Waals surface area contributed by atoms with Crippen molar-refractivity contribution in [3.05, 3.63) is 25.3 Å². The minimum atomic E-state index is -0.997. The molecule has 0 aromatic carbocycles. The maximum absolute atomic E-state index is 14.0. The molecule has 196 valence electrons. The molecule has 3 rings (SSSR count). The first-order valence-corrected chi connectivity index (χ1v) is 13.1. The van der Waals surface area contributed by atoms with Crippen LogP contribution in [-0.4, -0.2) is 82.8 Å². The van der Waals surface area contributed by atoms with Crippen LogP contribution in [-0.2, 0) is 23.9 Å². The Morgan fingerprint density at radius 1 is 1.23 bits per heavy atom. The van der Waals surface area contributed by atoms with Crippen LogP contribution in [0.5, 0.6) is 0 Å². The highest BCUT2D eigenvalue weighted by Crippen LogP contribution is 2.58. The highest BCUT2D eigenvalue weighted by atomic mass is 16.6. The molecule has 0 saturated carbocycles. The lowest BCUT2D eigenvalue weighted by molar-refractivity contribution is -0.155. The lowest BCUT2D eigenvalue weighted by atomic mass is 9.70. The van der Waals surface area contributed by atoms with Crippen molar-refractivity contribution in [3.8, 4) is 0 Å². The van der Waals surface area contributed by atoms with Crippen LogP contribution in [0.3, 0.4) is 0 Å². The van der Waals surface area contributed by atoms with E-state index in [1.54, 1.807) is 22.0 Å². The van der Waals surface area contributed by atoms with E-state index in [4.69, 9.17) is 14.6 Å². The van der Waals surface area contributed by atoms with Crippen LogP contribution in [0, 0.1) is 11.8 Å². The molecule has 2 unspecified atom stereocenters. The van der Waals surface area contributed by atoms with Gasteiger partial charge in [0.1, 0.15) is 11.6 Å². The average Bonchev–Trinajstić information content (AvgIpc) is 3.47. The predicted molar refractivity (Wildman–Crippen MR) is 132 cm³/mol. The summed E-state index contributed by atoms with van der Waals surface area (Å²) in [6, 6.07) is -0.828. The molecule has 0 aliphatic carbocycles. The number of unbranched alkanes of at least 4 members (excludes halogenated alkanes) is 4. The summed E-state index contributed by atoms with van der Waals surface area (Å²) in [5, 5.41) is 9.06. The zero-order valence-electron chi connectivity index (χ0n) is 21.3. The van der Waals surface area contributed by atoms with Gasteiger partial charge in [0.2, 0.25) is 11.8 Å². The molecule has 0 aromatic rings. The Kier molecular flexibility index (Phi) is 9.53. The molecule has 1 spiro atoms. The van der Waals surface area contributed by atoms with E-state index < -0.39 is 35.6 Å². The fraction of sp³-hybridized carbons (Fsp3) is 0.741. The summed E-state index contributed by atoms with van der Waals surface area (Å²) in [5.74, 6) is -2.10. The van der Waals surface area contributed by atoms with E-state index in [0.29, 0.717) is 38.8 Å². The van der Waals surface area contributed by atoms with E-state index in [1.807, 2.05) is 13.8 Å². The Hall–Kier alpha value is -2.19. The second kappa shape index (κ2) is 12.2. The van der Waals surface area contributed by atoms with Crippen molar-refractivity contribution in [2.24, 2.45) is 11.8 Å². The number of nitrogens with zero attached hydrogens (tertiary/aromatic N) is 2. The third-order valence-corrected chi connectivity index (χ3v) is 7.64. The first-order chi connectivity index (χ1) is 16.8. The lowest BCUT2D eigenvalue weighted by Crippen LogP contribution is -2.57. The van der Waals surface area contributed by atoms with E-state index in [9.17, 15) is 14.4 Å². The molecular formula is C27H42N2O6. The van der Waals surface area contributed by atoms with E-state index in [0.717, 1.165) is 25.7 Å². The molecule has 3 saturated heterocycles. The number of carbonyl (C=O) groups is 3. The lowest BCUT2D eigenvalue weighted by Gasteiger charge is -2.38. The Labute approximate surface area is 209 Å². The van der Waals surface area contributed by atoms with E-state index in [-0.39, 0.29) is 31.1 Å². The second-order valence-electron chi connectivity index (χ2n) is 10.2. The molecule has 8 heteroatoms. The number of esters is 1.